The van der Waals surface area contributed by atoms with Crippen molar-refractivity contribution in [2.75, 3.05) is 6.54 Å². The largest absolute Gasteiger partial charge is 0.480 e. The van der Waals surface area contributed by atoms with E-state index in [1.807, 2.05) is 6.07 Å². The summed E-state index contributed by atoms with van der Waals surface area (Å²) in [6.45, 7) is -0.544. The van der Waals surface area contributed by atoms with E-state index in [0.717, 1.165) is 5.56 Å². The number of nitrogens with zero attached hydrogens (tertiary/aromatic N) is 1. The summed E-state index contributed by atoms with van der Waals surface area (Å²) in [6, 6.07) is 9.01. The van der Waals surface area contributed by atoms with Crippen molar-refractivity contribution >= 4 is 23.8 Å². The Bertz CT molecular complexity index is 368. The second-order valence-corrected chi connectivity index (χ2v) is 3.36. The van der Waals surface area contributed by atoms with Crippen molar-refractivity contribution in [3.8, 4) is 0 Å². The predicted octanol–water partition coefficient (Wildman–Crippen LogP) is 1.86. The maximum Gasteiger partial charge on any atom is 0.425 e. The standard InChI is InChI=1S/C10H10ClNO4/c11-12(6-9(13)14)10(15)16-7-8-4-2-1-3-5-8/h1-5H,6-7H2,(H,13,14). The third-order valence-electron chi connectivity index (χ3n) is 1.68. The summed E-state index contributed by atoms with van der Waals surface area (Å²) in [4.78, 5) is 21.4. The molecule has 1 rings (SSSR count). The molecule has 0 bridgehead atoms. The molecule has 86 valence electrons. The third-order valence-corrected chi connectivity index (χ3v) is 1.93. The van der Waals surface area contributed by atoms with E-state index in [0.29, 0.717) is 4.42 Å². The lowest BCUT2D eigenvalue weighted by Crippen LogP contribution is -2.27. The Morgan fingerprint density at radius 1 is 1.31 bits per heavy atom. The van der Waals surface area contributed by atoms with Crippen LogP contribution in [0.15, 0.2) is 30.3 Å². The second kappa shape index (κ2) is 5.97. The van der Waals surface area contributed by atoms with E-state index in [4.69, 9.17) is 21.6 Å². The van der Waals surface area contributed by atoms with Gasteiger partial charge in [-0.05, 0) is 5.56 Å². The van der Waals surface area contributed by atoms with Gasteiger partial charge in [0, 0.05) is 11.8 Å². The van der Waals surface area contributed by atoms with Gasteiger partial charge in [-0.3, -0.25) is 4.79 Å². The molecule has 0 aromatic heterocycles. The minimum atomic E-state index is -1.20. The van der Waals surface area contributed by atoms with Gasteiger partial charge < -0.3 is 9.84 Å². The molecular weight excluding hydrogens is 234 g/mol. The number of carbonyl (C=O) groups is 2. The molecular formula is C10H10ClNO4. The van der Waals surface area contributed by atoms with E-state index in [9.17, 15) is 9.59 Å². The van der Waals surface area contributed by atoms with Gasteiger partial charge in [0.05, 0.1) is 0 Å². The van der Waals surface area contributed by atoms with Gasteiger partial charge >= 0.3 is 12.1 Å². The van der Waals surface area contributed by atoms with Crippen LogP contribution in [-0.2, 0) is 16.1 Å². The molecule has 0 atom stereocenters. The summed E-state index contributed by atoms with van der Waals surface area (Å²) in [5.74, 6) is -1.20. The van der Waals surface area contributed by atoms with Crippen LogP contribution in [0.5, 0.6) is 0 Å². The molecule has 0 aliphatic carbocycles. The van der Waals surface area contributed by atoms with Gasteiger partial charge in [0.2, 0.25) is 0 Å². The smallest absolute Gasteiger partial charge is 0.425 e. The summed E-state index contributed by atoms with van der Waals surface area (Å²) >= 11 is 5.37. The van der Waals surface area contributed by atoms with E-state index < -0.39 is 18.6 Å². The van der Waals surface area contributed by atoms with Gasteiger partial charge in [0.1, 0.15) is 13.2 Å². The average Bonchev–Trinajstić information content (AvgIpc) is 2.26. The topological polar surface area (TPSA) is 66.8 Å². The lowest BCUT2D eigenvalue weighted by atomic mass is 10.2. The molecule has 0 saturated carbocycles. The van der Waals surface area contributed by atoms with Crippen molar-refractivity contribution in [2.24, 2.45) is 0 Å². The zero-order chi connectivity index (χ0) is 12.0. The number of hydrogen-bond donors (Lipinski definition) is 1. The summed E-state index contributed by atoms with van der Waals surface area (Å²) < 4.78 is 5.26. The van der Waals surface area contributed by atoms with Crippen molar-refractivity contribution in [1.29, 1.82) is 0 Å². The number of carbonyl (C=O) groups excluding carboxylic acids is 1. The molecule has 5 nitrogen and oxygen atoms in total. The molecule has 1 aromatic carbocycles. The van der Waals surface area contributed by atoms with E-state index in [2.05, 4.69) is 0 Å². The maximum absolute atomic E-state index is 11.2. The Morgan fingerprint density at radius 3 is 2.50 bits per heavy atom. The Hall–Kier alpha value is -1.75. The quantitative estimate of drug-likeness (QED) is 0.820. The summed E-state index contributed by atoms with van der Waals surface area (Å²) in [6.07, 6.45) is -0.882. The monoisotopic (exact) mass is 243 g/mol. The summed E-state index contributed by atoms with van der Waals surface area (Å²) in [7, 11) is 0. The molecule has 1 aromatic rings. The number of ether oxygens (including phenoxy) is 1. The van der Waals surface area contributed by atoms with E-state index in [-0.39, 0.29) is 6.61 Å². The Labute approximate surface area is 97.3 Å². The van der Waals surface area contributed by atoms with Crippen molar-refractivity contribution in [3.63, 3.8) is 0 Å². The molecule has 0 heterocycles. The predicted molar refractivity (Wildman–Crippen MR) is 56.8 cm³/mol. The van der Waals surface area contributed by atoms with Crippen molar-refractivity contribution in [2.45, 2.75) is 6.61 Å². The first-order valence-corrected chi connectivity index (χ1v) is 4.79. The van der Waals surface area contributed by atoms with Crippen LogP contribution in [0.4, 0.5) is 4.79 Å². The molecule has 0 aliphatic rings. The van der Waals surface area contributed by atoms with E-state index >= 15 is 0 Å². The highest BCUT2D eigenvalue weighted by Gasteiger charge is 2.15. The highest BCUT2D eigenvalue weighted by molar-refractivity contribution is 6.21. The number of aliphatic carboxylic acids is 1. The highest BCUT2D eigenvalue weighted by Crippen LogP contribution is 2.04. The molecule has 0 unspecified atom stereocenters. The first kappa shape index (κ1) is 12.3. The number of rotatable bonds is 4. The SMILES string of the molecule is O=C(O)CN(Cl)C(=O)OCc1ccccc1. The number of halogens is 1. The third kappa shape index (κ3) is 4.18. The Balaban J connectivity index is 2.38. The van der Waals surface area contributed by atoms with Gasteiger partial charge in [-0.15, -0.1) is 0 Å². The van der Waals surface area contributed by atoms with Crippen LogP contribution in [0.3, 0.4) is 0 Å². The molecule has 0 radical (unpaired) electrons. The fraction of sp³-hybridized carbons (Fsp3) is 0.200. The number of hydrogen-bond acceptors (Lipinski definition) is 3. The van der Waals surface area contributed by atoms with Crippen LogP contribution in [0, 0.1) is 0 Å². The van der Waals surface area contributed by atoms with Crippen molar-refractivity contribution in [1.82, 2.24) is 4.42 Å². The second-order valence-electron chi connectivity index (χ2n) is 2.95. The van der Waals surface area contributed by atoms with Crippen LogP contribution < -0.4 is 0 Å². The van der Waals surface area contributed by atoms with Gasteiger partial charge in [0.25, 0.3) is 0 Å². The summed E-state index contributed by atoms with van der Waals surface area (Å²) in [5, 5.41) is 8.38. The van der Waals surface area contributed by atoms with Gasteiger partial charge in [-0.2, -0.15) is 0 Å². The highest BCUT2D eigenvalue weighted by atomic mass is 35.5. The van der Waals surface area contributed by atoms with Crippen molar-refractivity contribution < 1.29 is 19.4 Å². The number of carboxylic acid groups (broad SMARTS) is 1. The van der Waals surface area contributed by atoms with Gasteiger partial charge in [-0.1, -0.05) is 30.3 Å². The van der Waals surface area contributed by atoms with Crippen LogP contribution in [0.1, 0.15) is 5.56 Å². The maximum atomic E-state index is 11.2. The molecule has 1 N–H and O–H groups in total. The number of benzene rings is 1. The van der Waals surface area contributed by atoms with Gasteiger partial charge in [-0.25, -0.2) is 9.21 Å². The lowest BCUT2D eigenvalue weighted by molar-refractivity contribution is -0.137. The fourth-order valence-corrected chi connectivity index (χ4v) is 1.12. The normalized spacial score (nSPS) is 9.56. The van der Waals surface area contributed by atoms with E-state index in [1.165, 1.54) is 0 Å². The van der Waals surface area contributed by atoms with Gasteiger partial charge in [0.15, 0.2) is 0 Å². The zero-order valence-electron chi connectivity index (χ0n) is 8.30. The molecule has 1 amide bonds. The molecule has 0 fully saturated rings. The minimum absolute atomic E-state index is 0.0580. The Kier molecular flexibility index (Phi) is 4.60. The molecule has 0 saturated heterocycles. The zero-order valence-corrected chi connectivity index (χ0v) is 9.05. The lowest BCUT2D eigenvalue weighted by Gasteiger charge is -2.11. The number of carboxylic acids is 1. The average molecular weight is 244 g/mol. The Morgan fingerprint density at radius 2 is 1.94 bits per heavy atom. The fourth-order valence-electron chi connectivity index (χ4n) is 0.973. The molecule has 0 aliphatic heterocycles. The van der Waals surface area contributed by atoms with Crippen LogP contribution >= 0.6 is 11.8 Å². The first-order valence-electron chi connectivity index (χ1n) is 4.45. The first-order chi connectivity index (χ1) is 7.59. The van der Waals surface area contributed by atoms with E-state index in [1.54, 1.807) is 24.3 Å². The molecule has 16 heavy (non-hydrogen) atoms. The summed E-state index contributed by atoms with van der Waals surface area (Å²) in [5.41, 5.74) is 0.802. The molecule has 0 spiro atoms. The van der Waals surface area contributed by atoms with Crippen LogP contribution in [-0.4, -0.2) is 28.1 Å². The molecule has 6 heteroatoms. The van der Waals surface area contributed by atoms with Crippen LogP contribution in [0.25, 0.3) is 0 Å². The van der Waals surface area contributed by atoms with Crippen LogP contribution in [0.2, 0.25) is 0 Å². The minimum Gasteiger partial charge on any atom is -0.480 e. The van der Waals surface area contributed by atoms with Crippen molar-refractivity contribution in [3.05, 3.63) is 35.9 Å². The number of amides is 1.